The van der Waals surface area contributed by atoms with Crippen LogP contribution in [0.15, 0.2) is 49.1 Å². The van der Waals surface area contributed by atoms with E-state index in [-0.39, 0.29) is 35.5 Å². The van der Waals surface area contributed by atoms with E-state index in [1.165, 1.54) is 6.92 Å². The van der Waals surface area contributed by atoms with Gasteiger partial charge in [0.15, 0.2) is 5.78 Å². The van der Waals surface area contributed by atoms with Crippen LogP contribution < -0.4 is 0 Å². The van der Waals surface area contributed by atoms with Crippen LogP contribution in [0.4, 0.5) is 0 Å². The van der Waals surface area contributed by atoms with Crippen molar-refractivity contribution in [3.63, 3.8) is 0 Å². The van der Waals surface area contributed by atoms with Gasteiger partial charge in [0.05, 0.1) is 24.2 Å². The van der Waals surface area contributed by atoms with Gasteiger partial charge in [-0.15, -0.1) is 6.58 Å². The van der Waals surface area contributed by atoms with E-state index in [1.54, 1.807) is 6.08 Å². The average molecular weight is 376 g/mol. The maximum Gasteiger partial charge on any atom is 0.336 e. The van der Waals surface area contributed by atoms with E-state index in [2.05, 4.69) is 26.3 Å². The number of cyclic esters (lactones) is 1. The van der Waals surface area contributed by atoms with Crippen molar-refractivity contribution in [2.45, 2.75) is 25.6 Å². The summed E-state index contributed by atoms with van der Waals surface area (Å²) in [6, 6.07) is 0. The number of fused-ring (bicyclic) bond motifs is 1. The van der Waals surface area contributed by atoms with Crippen LogP contribution in [0.2, 0.25) is 0 Å². The smallest absolute Gasteiger partial charge is 0.336 e. The Bertz CT molecular complexity index is 735. The fourth-order valence-corrected chi connectivity index (χ4v) is 3.85. The van der Waals surface area contributed by atoms with E-state index < -0.39 is 48.0 Å². The number of Topliss-reactive ketones (excluding diaryl/α,β-unsaturated/α-hetero) is 1. The Hall–Kier alpha value is -2.51. The lowest BCUT2D eigenvalue weighted by Gasteiger charge is -2.52. The minimum absolute atomic E-state index is 0.0651. The number of rotatable bonds is 6. The summed E-state index contributed by atoms with van der Waals surface area (Å²) < 4.78 is 10.6. The molecular formula is C20H24O7. The molecule has 0 amide bonds. The number of carbonyl (C=O) groups is 3. The second kappa shape index (κ2) is 7.62. The van der Waals surface area contributed by atoms with Gasteiger partial charge in [-0.3, -0.25) is 4.79 Å². The quantitative estimate of drug-likeness (QED) is 0.402. The van der Waals surface area contributed by atoms with Crippen LogP contribution >= 0.6 is 0 Å². The first kappa shape index (κ1) is 20.8. The first-order valence-corrected chi connectivity index (χ1v) is 8.46. The van der Waals surface area contributed by atoms with Crippen LogP contribution in [0.5, 0.6) is 0 Å². The molecule has 0 bridgehead atoms. The van der Waals surface area contributed by atoms with E-state index in [0.717, 1.165) is 0 Å². The normalized spacial score (nSPS) is 32.7. The van der Waals surface area contributed by atoms with Gasteiger partial charge in [-0.2, -0.15) is 0 Å². The predicted molar refractivity (Wildman–Crippen MR) is 96.3 cm³/mol. The Kier molecular flexibility index (Phi) is 5.87. The van der Waals surface area contributed by atoms with Crippen molar-refractivity contribution in [3.05, 3.63) is 49.1 Å². The van der Waals surface area contributed by atoms with Gasteiger partial charge in [0, 0.05) is 16.9 Å². The fraction of sp³-hybridized carbons (Fsp3) is 0.450. The van der Waals surface area contributed by atoms with E-state index >= 15 is 0 Å². The second-order valence-electron chi connectivity index (χ2n) is 7.02. The molecule has 1 heterocycles. The number of esters is 2. The van der Waals surface area contributed by atoms with Crippen LogP contribution in [0.3, 0.4) is 0 Å². The number of ether oxygens (including phenoxy) is 2. The van der Waals surface area contributed by atoms with Gasteiger partial charge < -0.3 is 19.7 Å². The molecule has 1 saturated heterocycles. The molecule has 0 aromatic carbocycles. The van der Waals surface area contributed by atoms with Gasteiger partial charge >= 0.3 is 11.9 Å². The molecule has 0 spiro atoms. The lowest BCUT2D eigenvalue weighted by molar-refractivity contribution is -0.176. The number of aliphatic hydroxyl groups excluding tert-OH is 2. The topological polar surface area (TPSA) is 110 Å². The monoisotopic (exact) mass is 376 g/mol. The van der Waals surface area contributed by atoms with Crippen molar-refractivity contribution in [2.24, 2.45) is 17.3 Å². The molecule has 2 rings (SSSR count). The van der Waals surface area contributed by atoms with Gasteiger partial charge in [-0.25, -0.2) is 9.59 Å². The summed E-state index contributed by atoms with van der Waals surface area (Å²) in [6.45, 7) is 15.3. The Morgan fingerprint density at radius 2 is 2.04 bits per heavy atom. The number of ketones is 1. The Morgan fingerprint density at radius 3 is 2.56 bits per heavy atom. The lowest BCUT2D eigenvalue weighted by atomic mass is 9.56. The third kappa shape index (κ3) is 3.52. The number of carbonyl (C=O) groups excluding carboxylic acids is 3. The highest BCUT2D eigenvalue weighted by Crippen LogP contribution is 2.52. The van der Waals surface area contributed by atoms with Crippen LogP contribution in [0.25, 0.3) is 0 Å². The van der Waals surface area contributed by atoms with E-state index in [9.17, 15) is 19.5 Å². The van der Waals surface area contributed by atoms with E-state index in [4.69, 9.17) is 14.6 Å². The molecule has 2 fully saturated rings. The third-order valence-corrected chi connectivity index (χ3v) is 5.42. The number of hydrogen-bond donors (Lipinski definition) is 2. The molecular weight excluding hydrogens is 352 g/mol. The summed E-state index contributed by atoms with van der Waals surface area (Å²) in [5, 5.41) is 20.1. The molecule has 1 aliphatic heterocycles. The molecule has 1 aliphatic carbocycles. The zero-order valence-corrected chi connectivity index (χ0v) is 15.3. The summed E-state index contributed by atoms with van der Waals surface area (Å²) in [7, 11) is 0. The Morgan fingerprint density at radius 1 is 1.41 bits per heavy atom. The summed E-state index contributed by atoms with van der Waals surface area (Å²) in [6.07, 6.45) is -0.543. The highest BCUT2D eigenvalue weighted by Gasteiger charge is 2.58. The minimum Gasteiger partial charge on any atom is -0.461 e. The summed E-state index contributed by atoms with van der Waals surface area (Å²) >= 11 is 0. The van der Waals surface area contributed by atoms with Gasteiger partial charge in [-0.05, 0) is 18.9 Å². The Labute approximate surface area is 157 Å². The molecule has 2 aliphatic rings. The van der Waals surface area contributed by atoms with E-state index in [1.807, 2.05) is 0 Å². The summed E-state index contributed by atoms with van der Waals surface area (Å²) in [5.74, 6) is -3.56. The van der Waals surface area contributed by atoms with Crippen molar-refractivity contribution < 1.29 is 34.1 Å². The molecule has 5 atom stereocenters. The van der Waals surface area contributed by atoms with Gasteiger partial charge in [0.1, 0.15) is 12.7 Å². The van der Waals surface area contributed by atoms with Crippen LogP contribution in [0, 0.1) is 17.3 Å². The molecule has 1 saturated carbocycles. The van der Waals surface area contributed by atoms with Crippen molar-refractivity contribution in [2.75, 3.05) is 13.2 Å². The van der Waals surface area contributed by atoms with E-state index in [0.29, 0.717) is 0 Å². The fourth-order valence-electron chi connectivity index (χ4n) is 3.85. The molecule has 146 valence electrons. The van der Waals surface area contributed by atoms with Gasteiger partial charge in [0.2, 0.25) is 0 Å². The number of hydrogen-bond acceptors (Lipinski definition) is 7. The Balaban J connectivity index is 2.49. The summed E-state index contributed by atoms with van der Waals surface area (Å²) in [4.78, 5) is 36.0. The highest BCUT2D eigenvalue weighted by atomic mass is 16.5. The average Bonchev–Trinajstić information content (AvgIpc) is 2.63. The highest BCUT2D eigenvalue weighted by molar-refractivity contribution is 5.94. The molecule has 0 aromatic rings. The largest absolute Gasteiger partial charge is 0.461 e. The molecule has 0 radical (unpaired) electrons. The SMILES string of the molecule is C=C[C@@]12COC(=O)C(=C)[C@H]1[C@@H](O)[C@H](C(=C)C(C)=O)[C@@H](OC(=O)C(=C)CO)C2. The van der Waals surface area contributed by atoms with Gasteiger partial charge in [-0.1, -0.05) is 25.8 Å². The van der Waals surface area contributed by atoms with Crippen molar-refractivity contribution in [3.8, 4) is 0 Å². The number of aliphatic hydroxyl groups is 2. The van der Waals surface area contributed by atoms with Crippen molar-refractivity contribution >= 4 is 17.7 Å². The van der Waals surface area contributed by atoms with Gasteiger partial charge in [0.25, 0.3) is 0 Å². The predicted octanol–water partition coefficient (Wildman–Crippen LogP) is 0.874. The van der Waals surface area contributed by atoms with Crippen molar-refractivity contribution in [1.82, 2.24) is 0 Å². The second-order valence-corrected chi connectivity index (χ2v) is 7.02. The standard InChI is InChI=1S/C20H24O7/c1-6-20-7-14(27-18(24)10(2)8-21)15(11(3)13(5)22)17(23)16(20)12(4)19(25)26-9-20/h6,14-17,21,23H,1-4,7-9H2,5H3/t14-,15+,16-,17-,20+/m0/s1. The summed E-state index contributed by atoms with van der Waals surface area (Å²) in [5.41, 5.74) is -0.937. The molecule has 2 N–H and O–H groups in total. The minimum atomic E-state index is -1.27. The molecule has 0 unspecified atom stereocenters. The maximum absolute atomic E-state index is 12.1. The van der Waals surface area contributed by atoms with Crippen molar-refractivity contribution in [1.29, 1.82) is 0 Å². The van der Waals surface area contributed by atoms with Crippen LogP contribution in [-0.2, 0) is 23.9 Å². The molecule has 0 aromatic heterocycles. The first-order chi connectivity index (χ1) is 12.6. The zero-order valence-electron chi connectivity index (χ0n) is 15.3. The molecule has 7 heteroatoms. The lowest BCUT2D eigenvalue weighted by Crippen LogP contribution is -2.59. The van der Waals surface area contributed by atoms with Crippen LogP contribution in [0.1, 0.15) is 13.3 Å². The molecule has 27 heavy (non-hydrogen) atoms. The van der Waals surface area contributed by atoms with Crippen LogP contribution in [-0.4, -0.2) is 53.4 Å². The maximum atomic E-state index is 12.1. The third-order valence-electron chi connectivity index (χ3n) is 5.42. The molecule has 7 nitrogen and oxygen atoms in total. The zero-order chi connectivity index (χ0) is 20.5. The first-order valence-electron chi connectivity index (χ1n) is 8.46.